The van der Waals surface area contributed by atoms with Gasteiger partial charge in [0, 0.05) is 23.9 Å². The van der Waals surface area contributed by atoms with Crippen molar-refractivity contribution >= 4 is 23.2 Å². The molecule has 0 unspecified atom stereocenters. The van der Waals surface area contributed by atoms with Gasteiger partial charge < -0.3 is 10.6 Å². The van der Waals surface area contributed by atoms with Crippen LogP contribution in [-0.4, -0.2) is 28.2 Å². The van der Waals surface area contributed by atoms with E-state index in [-0.39, 0.29) is 11.7 Å². The molecule has 0 radical (unpaired) electrons. The molecule has 0 bridgehead atoms. The van der Waals surface area contributed by atoms with Crippen molar-refractivity contribution in [1.82, 2.24) is 9.97 Å². The fourth-order valence-corrected chi connectivity index (χ4v) is 2.01. The number of aromatic nitrogens is 2. The van der Waals surface area contributed by atoms with Crippen LogP contribution in [0.2, 0.25) is 0 Å². The highest BCUT2D eigenvalue weighted by Crippen LogP contribution is 2.13. The predicted octanol–water partition coefficient (Wildman–Crippen LogP) is 3.06. The highest BCUT2D eigenvalue weighted by molar-refractivity contribution is 6.03. The van der Waals surface area contributed by atoms with E-state index in [2.05, 4.69) is 27.5 Å². The second-order valence-electron chi connectivity index (χ2n) is 5.20. The van der Waals surface area contributed by atoms with Crippen molar-refractivity contribution in [3.05, 3.63) is 47.4 Å². The second kappa shape index (κ2) is 7.49. The monoisotopic (exact) mass is 312 g/mol. The number of hydrogen-bond acceptors (Lipinski definition) is 5. The standard InChI is InChI=1S/C17H20N4O2/c1-4-9-18-16-10-15(19-12(3)20-16)17(23)21-14-7-5-13(6-8-14)11(2)22/h5-8,10H,4,9H2,1-3H3,(H,21,23)(H,18,19,20). The fraction of sp³-hybridized carbons (Fsp3) is 0.294. The van der Waals surface area contributed by atoms with Crippen LogP contribution in [0.1, 0.15) is 46.9 Å². The normalized spacial score (nSPS) is 10.2. The maximum atomic E-state index is 12.3. The number of carbonyl (C=O) groups is 2. The molecule has 6 heteroatoms. The highest BCUT2D eigenvalue weighted by atomic mass is 16.2. The van der Waals surface area contributed by atoms with Gasteiger partial charge in [0.05, 0.1) is 0 Å². The first-order valence-electron chi connectivity index (χ1n) is 7.51. The van der Waals surface area contributed by atoms with E-state index in [0.29, 0.717) is 28.6 Å². The first-order valence-corrected chi connectivity index (χ1v) is 7.51. The minimum absolute atomic E-state index is 0.0130. The Morgan fingerprint density at radius 2 is 1.83 bits per heavy atom. The topological polar surface area (TPSA) is 84.0 Å². The summed E-state index contributed by atoms with van der Waals surface area (Å²) in [6.45, 7) is 6.08. The van der Waals surface area contributed by atoms with E-state index in [0.717, 1.165) is 13.0 Å². The molecular formula is C17H20N4O2. The number of rotatable bonds is 6. The lowest BCUT2D eigenvalue weighted by Crippen LogP contribution is -2.16. The lowest BCUT2D eigenvalue weighted by atomic mass is 10.1. The van der Waals surface area contributed by atoms with Gasteiger partial charge in [0.1, 0.15) is 17.3 Å². The van der Waals surface area contributed by atoms with Crippen molar-refractivity contribution in [2.75, 3.05) is 17.2 Å². The summed E-state index contributed by atoms with van der Waals surface area (Å²) in [5.41, 5.74) is 1.51. The zero-order valence-corrected chi connectivity index (χ0v) is 13.5. The van der Waals surface area contributed by atoms with Crippen LogP contribution in [-0.2, 0) is 0 Å². The Hall–Kier alpha value is -2.76. The third kappa shape index (κ3) is 4.60. The minimum atomic E-state index is -0.314. The number of carbonyl (C=O) groups excluding carboxylic acids is 2. The van der Waals surface area contributed by atoms with Crippen LogP contribution >= 0.6 is 0 Å². The Bertz CT molecular complexity index is 711. The van der Waals surface area contributed by atoms with Gasteiger partial charge in [-0.25, -0.2) is 9.97 Å². The molecule has 0 saturated heterocycles. The Kier molecular flexibility index (Phi) is 5.41. The summed E-state index contributed by atoms with van der Waals surface area (Å²) in [6, 6.07) is 8.37. The smallest absolute Gasteiger partial charge is 0.274 e. The largest absolute Gasteiger partial charge is 0.370 e. The molecule has 1 amide bonds. The van der Waals surface area contributed by atoms with E-state index in [1.807, 2.05) is 0 Å². The third-order valence-electron chi connectivity index (χ3n) is 3.18. The molecular weight excluding hydrogens is 292 g/mol. The zero-order chi connectivity index (χ0) is 16.8. The molecule has 0 atom stereocenters. The van der Waals surface area contributed by atoms with Crippen LogP contribution in [0, 0.1) is 6.92 Å². The molecule has 0 saturated carbocycles. The number of Topliss-reactive ketones (excluding diaryl/α,β-unsaturated/α-hetero) is 1. The van der Waals surface area contributed by atoms with Crippen LogP contribution in [0.25, 0.3) is 0 Å². The van der Waals surface area contributed by atoms with E-state index < -0.39 is 0 Å². The molecule has 0 fully saturated rings. The average molecular weight is 312 g/mol. The predicted molar refractivity (Wildman–Crippen MR) is 89.9 cm³/mol. The minimum Gasteiger partial charge on any atom is -0.370 e. The first kappa shape index (κ1) is 16.6. The quantitative estimate of drug-likeness (QED) is 0.801. The number of anilines is 2. The van der Waals surface area contributed by atoms with Crippen molar-refractivity contribution in [1.29, 1.82) is 0 Å². The summed E-state index contributed by atoms with van der Waals surface area (Å²) in [7, 11) is 0. The Balaban J connectivity index is 2.13. The number of amides is 1. The average Bonchev–Trinajstić information content (AvgIpc) is 2.53. The molecule has 0 aliphatic rings. The molecule has 0 spiro atoms. The summed E-state index contributed by atoms with van der Waals surface area (Å²) in [4.78, 5) is 32.0. The molecule has 2 rings (SSSR count). The van der Waals surface area contributed by atoms with Crippen LogP contribution in [0.4, 0.5) is 11.5 Å². The van der Waals surface area contributed by atoms with Gasteiger partial charge in [-0.15, -0.1) is 0 Å². The van der Waals surface area contributed by atoms with E-state index in [1.165, 1.54) is 6.92 Å². The Labute approximate surface area is 135 Å². The molecule has 23 heavy (non-hydrogen) atoms. The van der Waals surface area contributed by atoms with Crippen molar-refractivity contribution in [3.8, 4) is 0 Å². The number of aryl methyl sites for hydroxylation is 1. The number of ketones is 1. The number of benzene rings is 1. The SMILES string of the molecule is CCCNc1cc(C(=O)Nc2ccc(C(C)=O)cc2)nc(C)n1. The molecule has 1 heterocycles. The zero-order valence-electron chi connectivity index (χ0n) is 13.5. The van der Waals surface area contributed by atoms with Crippen LogP contribution in [0.15, 0.2) is 30.3 Å². The summed E-state index contributed by atoms with van der Waals surface area (Å²) >= 11 is 0. The number of nitrogens with zero attached hydrogens (tertiary/aromatic N) is 2. The first-order chi connectivity index (χ1) is 11.0. The summed E-state index contributed by atoms with van der Waals surface area (Å²) < 4.78 is 0. The van der Waals surface area contributed by atoms with Gasteiger partial charge >= 0.3 is 0 Å². The van der Waals surface area contributed by atoms with Crippen molar-refractivity contribution < 1.29 is 9.59 Å². The molecule has 2 N–H and O–H groups in total. The molecule has 1 aromatic heterocycles. The number of nitrogens with one attached hydrogen (secondary N) is 2. The van der Waals surface area contributed by atoms with Gasteiger partial charge in [-0.3, -0.25) is 9.59 Å². The number of hydrogen-bond donors (Lipinski definition) is 2. The molecule has 6 nitrogen and oxygen atoms in total. The summed E-state index contributed by atoms with van der Waals surface area (Å²) in [6.07, 6.45) is 0.965. The summed E-state index contributed by atoms with van der Waals surface area (Å²) in [5.74, 6) is 0.839. The fourth-order valence-electron chi connectivity index (χ4n) is 2.01. The van der Waals surface area contributed by atoms with Crippen molar-refractivity contribution in [2.45, 2.75) is 27.2 Å². The third-order valence-corrected chi connectivity index (χ3v) is 3.18. The molecule has 2 aromatic rings. The summed E-state index contributed by atoms with van der Waals surface area (Å²) in [5, 5.41) is 5.91. The van der Waals surface area contributed by atoms with Gasteiger partial charge in [-0.1, -0.05) is 6.92 Å². The van der Waals surface area contributed by atoms with E-state index in [1.54, 1.807) is 37.3 Å². The second-order valence-corrected chi connectivity index (χ2v) is 5.20. The van der Waals surface area contributed by atoms with Gasteiger partial charge in [0.25, 0.3) is 5.91 Å². The highest BCUT2D eigenvalue weighted by Gasteiger charge is 2.11. The van der Waals surface area contributed by atoms with Crippen LogP contribution in [0.3, 0.4) is 0 Å². The lowest BCUT2D eigenvalue weighted by Gasteiger charge is -2.09. The maximum Gasteiger partial charge on any atom is 0.274 e. The van der Waals surface area contributed by atoms with E-state index in [4.69, 9.17) is 0 Å². The van der Waals surface area contributed by atoms with Gasteiger partial charge in [0.15, 0.2) is 5.78 Å². The maximum absolute atomic E-state index is 12.3. The Morgan fingerprint density at radius 3 is 2.43 bits per heavy atom. The Morgan fingerprint density at radius 1 is 1.13 bits per heavy atom. The lowest BCUT2D eigenvalue weighted by molar-refractivity contribution is 0.101. The van der Waals surface area contributed by atoms with E-state index >= 15 is 0 Å². The van der Waals surface area contributed by atoms with Crippen LogP contribution in [0.5, 0.6) is 0 Å². The van der Waals surface area contributed by atoms with Crippen LogP contribution < -0.4 is 10.6 Å². The molecule has 0 aliphatic carbocycles. The van der Waals surface area contributed by atoms with Gasteiger partial charge in [-0.05, 0) is 44.5 Å². The molecule has 1 aromatic carbocycles. The van der Waals surface area contributed by atoms with Gasteiger partial charge in [0.2, 0.25) is 0 Å². The van der Waals surface area contributed by atoms with E-state index in [9.17, 15) is 9.59 Å². The van der Waals surface area contributed by atoms with Crippen molar-refractivity contribution in [3.63, 3.8) is 0 Å². The van der Waals surface area contributed by atoms with Crippen molar-refractivity contribution in [2.24, 2.45) is 0 Å². The molecule has 0 aliphatic heterocycles. The molecule has 120 valence electrons. The van der Waals surface area contributed by atoms with Gasteiger partial charge in [-0.2, -0.15) is 0 Å².